The van der Waals surface area contributed by atoms with E-state index in [1.807, 2.05) is 0 Å². The van der Waals surface area contributed by atoms with Crippen molar-refractivity contribution < 1.29 is 14.3 Å². The van der Waals surface area contributed by atoms with Gasteiger partial charge in [0.2, 0.25) is 0 Å². The molecule has 2 N–H and O–H groups in total. The van der Waals surface area contributed by atoms with Crippen LogP contribution in [0.15, 0.2) is 36.5 Å². The van der Waals surface area contributed by atoms with Crippen molar-refractivity contribution in [2.75, 3.05) is 7.11 Å². The quantitative estimate of drug-likeness (QED) is 0.443. The molecule has 0 fully saturated rings. The number of methoxy groups -OCH3 is 1. The second kappa shape index (κ2) is 4.32. The fourth-order valence-electron chi connectivity index (χ4n) is 0.837. The van der Waals surface area contributed by atoms with Crippen LogP contribution in [0.25, 0.3) is 0 Å². The van der Waals surface area contributed by atoms with Gasteiger partial charge in [-0.3, -0.25) is 0 Å². The number of rotatable bonds is 3. The number of carbonyl (C=O) groups is 1. The van der Waals surface area contributed by atoms with E-state index in [0.717, 1.165) is 0 Å². The van der Waals surface area contributed by atoms with E-state index in [1.165, 1.54) is 7.11 Å². The summed E-state index contributed by atoms with van der Waals surface area (Å²) >= 11 is 0. The molecule has 0 aliphatic rings. The van der Waals surface area contributed by atoms with Crippen LogP contribution in [0.4, 0.5) is 0 Å². The lowest BCUT2D eigenvalue weighted by Crippen LogP contribution is -2.16. The second-order valence-corrected chi connectivity index (χ2v) is 2.59. The zero-order valence-corrected chi connectivity index (χ0v) is 7.82. The first-order valence-electron chi connectivity index (χ1n) is 3.94. The van der Waals surface area contributed by atoms with Crippen molar-refractivity contribution in [1.82, 2.24) is 0 Å². The van der Waals surface area contributed by atoms with Crippen LogP contribution in [0.1, 0.15) is 0 Å². The lowest BCUT2D eigenvalue weighted by Gasteiger charge is -2.04. The van der Waals surface area contributed by atoms with E-state index < -0.39 is 5.97 Å². The van der Waals surface area contributed by atoms with E-state index in [-0.39, 0.29) is 5.70 Å². The molecule has 0 atom stereocenters. The van der Waals surface area contributed by atoms with E-state index in [0.29, 0.717) is 11.5 Å². The average molecular weight is 193 g/mol. The first-order chi connectivity index (χ1) is 6.63. The van der Waals surface area contributed by atoms with Gasteiger partial charge in [0, 0.05) is 6.07 Å². The number of hydrogen-bond acceptors (Lipinski definition) is 4. The zero-order valence-electron chi connectivity index (χ0n) is 7.82. The predicted octanol–water partition coefficient (Wildman–Crippen LogP) is 1.07. The topological polar surface area (TPSA) is 61.6 Å². The summed E-state index contributed by atoms with van der Waals surface area (Å²) in [6, 6.07) is 6.67. The first-order valence-corrected chi connectivity index (χ1v) is 3.94. The number of nitrogens with two attached hydrogens (primary N) is 1. The van der Waals surface area contributed by atoms with Crippen molar-refractivity contribution in [1.29, 1.82) is 0 Å². The lowest BCUT2D eigenvalue weighted by atomic mass is 10.3. The van der Waals surface area contributed by atoms with Crippen LogP contribution < -0.4 is 15.2 Å². The Morgan fingerprint density at radius 3 is 2.64 bits per heavy atom. The summed E-state index contributed by atoms with van der Waals surface area (Å²) in [6.07, 6.45) is 0. The monoisotopic (exact) mass is 193 g/mol. The van der Waals surface area contributed by atoms with E-state index in [9.17, 15) is 4.79 Å². The first kappa shape index (κ1) is 10.1. The van der Waals surface area contributed by atoms with E-state index in [4.69, 9.17) is 15.2 Å². The molecule has 4 heteroatoms. The number of carbonyl (C=O) groups excluding carboxylic acids is 1. The third-order valence-corrected chi connectivity index (χ3v) is 1.51. The highest BCUT2D eigenvalue weighted by Crippen LogP contribution is 2.19. The highest BCUT2D eigenvalue weighted by atomic mass is 16.5. The van der Waals surface area contributed by atoms with Crippen molar-refractivity contribution in [2.45, 2.75) is 0 Å². The summed E-state index contributed by atoms with van der Waals surface area (Å²) in [4.78, 5) is 11.0. The van der Waals surface area contributed by atoms with Crippen LogP contribution in [-0.2, 0) is 4.79 Å². The Morgan fingerprint density at radius 1 is 1.43 bits per heavy atom. The molecule has 0 unspecified atom stereocenters. The molecule has 0 bridgehead atoms. The van der Waals surface area contributed by atoms with Gasteiger partial charge in [0.1, 0.15) is 17.2 Å². The van der Waals surface area contributed by atoms with Gasteiger partial charge >= 0.3 is 5.97 Å². The Labute approximate surface area is 81.9 Å². The van der Waals surface area contributed by atoms with Gasteiger partial charge in [-0.2, -0.15) is 0 Å². The fraction of sp³-hybridized carbons (Fsp3) is 0.100. The van der Waals surface area contributed by atoms with Crippen LogP contribution >= 0.6 is 0 Å². The normalized spacial score (nSPS) is 9.21. The van der Waals surface area contributed by atoms with Gasteiger partial charge in [-0.1, -0.05) is 12.6 Å². The molecule has 0 aromatic heterocycles. The summed E-state index contributed by atoms with van der Waals surface area (Å²) in [7, 11) is 1.53. The van der Waals surface area contributed by atoms with Gasteiger partial charge in [0.25, 0.3) is 0 Å². The SMILES string of the molecule is C=C(N)C(=O)Oc1cccc(OC)c1. The molecule has 1 aromatic rings. The Bertz CT molecular complexity index is 360. The smallest absolute Gasteiger partial charge is 0.358 e. The van der Waals surface area contributed by atoms with E-state index in [1.54, 1.807) is 24.3 Å². The predicted molar refractivity (Wildman–Crippen MR) is 52.0 cm³/mol. The van der Waals surface area contributed by atoms with Crippen LogP contribution in [0.5, 0.6) is 11.5 Å². The van der Waals surface area contributed by atoms with Gasteiger partial charge in [-0.05, 0) is 12.1 Å². The number of benzene rings is 1. The maximum Gasteiger partial charge on any atom is 0.358 e. The van der Waals surface area contributed by atoms with Crippen LogP contribution in [0, 0.1) is 0 Å². The molecule has 74 valence electrons. The molecule has 1 aromatic carbocycles. The van der Waals surface area contributed by atoms with Crippen LogP contribution in [0.3, 0.4) is 0 Å². The minimum Gasteiger partial charge on any atom is -0.497 e. The van der Waals surface area contributed by atoms with Crippen molar-refractivity contribution in [3.8, 4) is 11.5 Å². The molecule has 0 radical (unpaired) electrons. The molecule has 1 rings (SSSR count). The molecule has 0 spiro atoms. The molecular formula is C10H11NO3. The Balaban J connectivity index is 2.76. The molecule has 0 heterocycles. The van der Waals surface area contributed by atoms with Crippen molar-refractivity contribution in [3.05, 3.63) is 36.5 Å². The van der Waals surface area contributed by atoms with Crippen molar-refractivity contribution in [3.63, 3.8) is 0 Å². The third-order valence-electron chi connectivity index (χ3n) is 1.51. The van der Waals surface area contributed by atoms with Gasteiger partial charge in [-0.25, -0.2) is 4.79 Å². The van der Waals surface area contributed by atoms with Crippen molar-refractivity contribution in [2.24, 2.45) is 5.73 Å². The van der Waals surface area contributed by atoms with Crippen LogP contribution in [0.2, 0.25) is 0 Å². The Hall–Kier alpha value is -1.97. The van der Waals surface area contributed by atoms with Gasteiger partial charge in [-0.15, -0.1) is 0 Å². The van der Waals surface area contributed by atoms with Gasteiger partial charge in [0.15, 0.2) is 0 Å². The molecule has 0 saturated carbocycles. The maximum absolute atomic E-state index is 11.0. The summed E-state index contributed by atoms with van der Waals surface area (Å²) in [5.41, 5.74) is 5.02. The average Bonchev–Trinajstić information content (AvgIpc) is 2.18. The Morgan fingerprint density at radius 2 is 2.07 bits per heavy atom. The fourth-order valence-corrected chi connectivity index (χ4v) is 0.837. The molecule has 14 heavy (non-hydrogen) atoms. The minimum absolute atomic E-state index is 0.132. The third kappa shape index (κ3) is 2.52. The zero-order chi connectivity index (χ0) is 10.6. The highest BCUT2D eigenvalue weighted by molar-refractivity contribution is 5.88. The lowest BCUT2D eigenvalue weighted by molar-refractivity contribution is -0.130. The number of ether oxygens (including phenoxy) is 2. The van der Waals surface area contributed by atoms with Gasteiger partial charge < -0.3 is 15.2 Å². The molecule has 0 amide bonds. The van der Waals surface area contributed by atoms with Gasteiger partial charge in [0.05, 0.1) is 7.11 Å². The van der Waals surface area contributed by atoms with Crippen LogP contribution in [-0.4, -0.2) is 13.1 Å². The van der Waals surface area contributed by atoms with E-state index >= 15 is 0 Å². The maximum atomic E-state index is 11.0. The minimum atomic E-state index is -0.654. The molecule has 0 saturated heterocycles. The van der Waals surface area contributed by atoms with E-state index in [2.05, 4.69) is 6.58 Å². The molecule has 4 nitrogen and oxygen atoms in total. The number of hydrogen-bond donors (Lipinski definition) is 1. The highest BCUT2D eigenvalue weighted by Gasteiger charge is 2.06. The largest absolute Gasteiger partial charge is 0.497 e. The summed E-state index contributed by atoms with van der Waals surface area (Å²) < 4.78 is 9.83. The molecule has 0 aliphatic carbocycles. The van der Waals surface area contributed by atoms with Crippen molar-refractivity contribution >= 4 is 5.97 Å². The molecular weight excluding hydrogens is 182 g/mol. The Kier molecular flexibility index (Phi) is 3.12. The summed E-state index contributed by atoms with van der Waals surface area (Å²) in [5, 5.41) is 0. The molecule has 0 aliphatic heterocycles. The number of esters is 1. The standard InChI is InChI=1S/C10H11NO3/c1-7(11)10(12)14-9-5-3-4-8(6-9)13-2/h3-6H,1,11H2,2H3. The summed E-state index contributed by atoms with van der Waals surface area (Å²) in [6.45, 7) is 3.27. The second-order valence-electron chi connectivity index (χ2n) is 2.59. The summed E-state index contributed by atoms with van der Waals surface area (Å²) in [5.74, 6) is 0.331.